The molecule has 2 N–H and O–H groups in total. The molecule has 5 rings (SSSR count). The second-order valence-corrected chi connectivity index (χ2v) is 10.7. The second-order valence-electron chi connectivity index (χ2n) is 10.7. The molecule has 2 heterocycles. The minimum absolute atomic E-state index is 0.0348. The van der Waals surface area contributed by atoms with Gasteiger partial charge in [-0.1, -0.05) is 13.8 Å². The molecule has 4 aromatic rings. The van der Waals surface area contributed by atoms with Crippen LogP contribution in [0.5, 0.6) is 5.75 Å². The normalized spacial score (nSPS) is 20.3. The van der Waals surface area contributed by atoms with E-state index in [1.807, 2.05) is 24.5 Å². The third kappa shape index (κ3) is 4.02. The quantitative estimate of drug-likeness (QED) is 0.299. The number of halogens is 3. The molecule has 2 aromatic heterocycles. The van der Waals surface area contributed by atoms with E-state index in [-0.39, 0.29) is 49.5 Å². The largest absolute Gasteiger partial charge is 0.494 e. The molecule has 0 amide bonds. The number of alkyl halides is 1. The number of nitrogens with zero attached hydrogens (tertiary/aromatic N) is 2. The van der Waals surface area contributed by atoms with Gasteiger partial charge >= 0.3 is 5.97 Å². The van der Waals surface area contributed by atoms with Gasteiger partial charge in [0.05, 0.1) is 25.4 Å². The highest BCUT2D eigenvalue weighted by Gasteiger charge is 2.45. The molecule has 202 valence electrons. The Bertz CT molecular complexity index is 1530. The molecule has 1 saturated carbocycles. The van der Waals surface area contributed by atoms with Crippen LogP contribution in [0.4, 0.5) is 13.2 Å². The van der Waals surface area contributed by atoms with Crippen molar-refractivity contribution in [2.45, 2.75) is 56.5 Å². The Morgan fingerprint density at radius 2 is 1.95 bits per heavy atom. The number of fused-ring (bicyclic) bond motifs is 2. The second kappa shape index (κ2) is 9.34. The number of ether oxygens (including phenoxy) is 2. The smallest absolute Gasteiger partial charge is 0.341 e. The van der Waals surface area contributed by atoms with E-state index in [0.29, 0.717) is 27.5 Å². The third-order valence-corrected chi connectivity index (χ3v) is 7.75. The lowest BCUT2D eigenvalue weighted by Gasteiger charge is -2.34. The Balaban J connectivity index is 1.87. The highest BCUT2D eigenvalue weighted by molar-refractivity contribution is 6.00. The number of carbonyl (C=O) groups is 1. The zero-order chi connectivity index (χ0) is 27.4. The van der Waals surface area contributed by atoms with E-state index in [9.17, 15) is 14.3 Å². The third-order valence-electron chi connectivity index (χ3n) is 7.75. The summed E-state index contributed by atoms with van der Waals surface area (Å²) < 4.78 is 58.5. The van der Waals surface area contributed by atoms with Crippen LogP contribution in [0, 0.1) is 11.6 Å². The Hall–Kier alpha value is -3.53. The fourth-order valence-corrected chi connectivity index (χ4v) is 5.96. The number of nitrogens with one attached hydrogen (secondary N) is 1. The maximum Gasteiger partial charge on any atom is 0.341 e. The molecule has 1 aliphatic carbocycles. The summed E-state index contributed by atoms with van der Waals surface area (Å²) in [6.45, 7) is 4.22. The predicted octanol–water partition coefficient (Wildman–Crippen LogP) is 6.17. The number of carboxylic acid groups (broad SMARTS) is 1. The molecule has 0 unspecified atom stereocenters. The molecule has 7 nitrogen and oxygen atoms in total. The molecule has 0 radical (unpaired) electrons. The lowest BCUT2D eigenvalue weighted by molar-refractivity contribution is -0.153. The van der Waals surface area contributed by atoms with Crippen molar-refractivity contribution in [1.29, 1.82) is 0 Å². The SMILES string of the molecule is COCC(C)(C)c1c(C2CCC(F)(C(=O)O)CC2)c2c(F)c3[nH]ncc3cc2n1-c1ccc(F)c(OC)c1. The van der Waals surface area contributed by atoms with E-state index in [0.717, 1.165) is 5.69 Å². The van der Waals surface area contributed by atoms with Crippen LogP contribution in [-0.2, 0) is 14.9 Å². The molecule has 1 fully saturated rings. The summed E-state index contributed by atoms with van der Waals surface area (Å²) in [5, 5.41) is 17.1. The van der Waals surface area contributed by atoms with Crippen LogP contribution in [0.2, 0.25) is 0 Å². The summed E-state index contributed by atoms with van der Waals surface area (Å²) in [5.41, 5.74) is -0.237. The molecular formula is C28H30F3N3O4. The predicted molar refractivity (Wildman–Crippen MR) is 137 cm³/mol. The fraction of sp³-hybridized carbons (Fsp3) is 0.429. The van der Waals surface area contributed by atoms with Gasteiger partial charge in [-0.05, 0) is 55.4 Å². The highest BCUT2D eigenvalue weighted by atomic mass is 19.1. The first-order valence-electron chi connectivity index (χ1n) is 12.5. The van der Waals surface area contributed by atoms with Gasteiger partial charge in [-0.3, -0.25) is 5.10 Å². The molecule has 10 heteroatoms. The Labute approximate surface area is 217 Å². The van der Waals surface area contributed by atoms with Crippen molar-refractivity contribution in [3.63, 3.8) is 0 Å². The van der Waals surface area contributed by atoms with Crippen molar-refractivity contribution in [1.82, 2.24) is 14.8 Å². The standard InChI is InChI=1S/C28H30F3N3O4/c1-27(2,14-37-3)25-21(15-7-9-28(31,10-8-15)26(35)36)22-19(11-16-13-32-33-24(16)23(22)30)34(25)17-5-6-18(29)20(12-17)38-4/h5-6,11-13,15H,7-10,14H2,1-4H3,(H,32,33)(H,35,36). The van der Waals surface area contributed by atoms with Gasteiger partial charge in [0.1, 0.15) is 5.52 Å². The lowest BCUT2D eigenvalue weighted by Crippen LogP contribution is -2.38. The van der Waals surface area contributed by atoms with Crippen LogP contribution >= 0.6 is 0 Å². The van der Waals surface area contributed by atoms with E-state index < -0.39 is 28.7 Å². The summed E-state index contributed by atoms with van der Waals surface area (Å²) >= 11 is 0. The maximum absolute atomic E-state index is 16.3. The van der Waals surface area contributed by atoms with E-state index >= 15 is 8.78 Å². The Morgan fingerprint density at radius 1 is 1.24 bits per heavy atom. The average Bonchev–Trinajstić information content (AvgIpc) is 3.49. The number of carboxylic acids is 1. The summed E-state index contributed by atoms with van der Waals surface area (Å²) in [6, 6.07) is 6.27. The molecule has 2 aromatic carbocycles. The topological polar surface area (TPSA) is 89.4 Å². The molecule has 0 spiro atoms. The summed E-state index contributed by atoms with van der Waals surface area (Å²) in [7, 11) is 2.95. The molecule has 0 bridgehead atoms. The van der Waals surface area contributed by atoms with Gasteiger partial charge < -0.3 is 19.1 Å². The van der Waals surface area contributed by atoms with Crippen molar-refractivity contribution in [3.8, 4) is 11.4 Å². The Morgan fingerprint density at radius 3 is 2.58 bits per heavy atom. The Kier molecular flexibility index (Phi) is 6.41. The van der Waals surface area contributed by atoms with Crippen molar-refractivity contribution < 1.29 is 32.5 Å². The van der Waals surface area contributed by atoms with Gasteiger partial charge in [-0.2, -0.15) is 5.10 Å². The molecule has 0 atom stereocenters. The highest BCUT2D eigenvalue weighted by Crippen LogP contribution is 2.49. The summed E-state index contributed by atoms with van der Waals surface area (Å²) in [6.07, 6.45) is 1.63. The average molecular weight is 530 g/mol. The number of rotatable bonds is 7. The molecule has 0 aliphatic heterocycles. The summed E-state index contributed by atoms with van der Waals surface area (Å²) in [5.74, 6) is -2.78. The number of aliphatic carboxylic acids is 1. The van der Waals surface area contributed by atoms with Crippen LogP contribution in [0.15, 0.2) is 30.5 Å². The minimum atomic E-state index is -2.31. The molecular weight excluding hydrogens is 499 g/mol. The lowest BCUT2D eigenvalue weighted by atomic mass is 9.73. The molecule has 0 saturated heterocycles. The van der Waals surface area contributed by atoms with Gasteiger partial charge in [0, 0.05) is 40.7 Å². The number of hydrogen-bond acceptors (Lipinski definition) is 4. The van der Waals surface area contributed by atoms with E-state index in [1.54, 1.807) is 19.2 Å². The summed E-state index contributed by atoms with van der Waals surface area (Å²) in [4.78, 5) is 11.6. The van der Waals surface area contributed by atoms with Crippen LogP contribution < -0.4 is 4.74 Å². The zero-order valence-electron chi connectivity index (χ0n) is 21.7. The van der Waals surface area contributed by atoms with Crippen LogP contribution in [0.25, 0.3) is 27.5 Å². The number of benzene rings is 2. The van der Waals surface area contributed by atoms with Crippen molar-refractivity contribution in [2.75, 3.05) is 20.8 Å². The maximum atomic E-state index is 16.3. The first kappa shape index (κ1) is 26.1. The van der Waals surface area contributed by atoms with Crippen LogP contribution in [-0.4, -0.2) is 52.3 Å². The van der Waals surface area contributed by atoms with Gasteiger partial charge in [-0.15, -0.1) is 0 Å². The number of aromatic nitrogens is 3. The minimum Gasteiger partial charge on any atom is -0.494 e. The van der Waals surface area contributed by atoms with Crippen LogP contribution in [0.1, 0.15) is 56.7 Å². The van der Waals surface area contributed by atoms with E-state index in [2.05, 4.69) is 10.2 Å². The van der Waals surface area contributed by atoms with Crippen molar-refractivity contribution in [3.05, 3.63) is 53.4 Å². The van der Waals surface area contributed by atoms with Gasteiger partial charge in [0.2, 0.25) is 5.67 Å². The number of hydrogen-bond donors (Lipinski definition) is 2. The first-order chi connectivity index (χ1) is 18.0. The van der Waals surface area contributed by atoms with Crippen molar-refractivity contribution in [2.24, 2.45) is 0 Å². The van der Waals surface area contributed by atoms with E-state index in [4.69, 9.17) is 9.47 Å². The van der Waals surface area contributed by atoms with Crippen LogP contribution in [0.3, 0.4) is 0 Å². The fourth-order valence-electron chi connectivity index (χ4n) is 5.96. The van der Waals surface area contributed by atoms with Gasteiger partial charge in [0.25, 0.3) is 0 Å². The molecule has 38 heavy (non-hydrogen) atoms. The van der Waals surface area contributed by atoms with Gasteiger partial charge in [-0.25, -0.2) is 18.0 Å². The molecule has 1 aliphatic rings. The number of H-pyrrole nitrogens is 1. The van der Waals surface area contributed by atoms with Crippen molar-refractivity contribution >= 4 is 27.8 Å². The first-order valence-corrected chi connectivity index (χ1v) is 12.5. The van der Waals surface area contributed by atoms with Gasteiger partial charge in [0.15, 0.2) is 17.4 Å². The number of methoxy groups -OCH3 is 2. The van der Waals surface area contributed by atoms with E-state index in [1.165, 1.54) is 19.4 Å². The zero-order valence-corrected chi connectivity index (χ0v) is 21.7. The number of aromatic amines is 1. The monoisotopic (exact) mass is 529 g/mol.